The molecule has 1 aliphatic heterocycles. The number of carbonyl (C=O) groups excluding carboxylic acids is 1. The molecule has 1 atom stereocenters. The Morgan fingerprint density at radius 2 is 2.03 bits per heavy atom. The van der Waals surface area contributed by atoms with Gasteiger partial charge in [-0.25, -0.2) is 13.1 Å². The smallest absolute Gasteiger partial charge is 0.262 e. The van der Waals surface area contributed by atoms with Crippen molar-refractivity contribution in [2.24, 2.45) is 0 Å². The molecule has 0 aliphatic carbocycles. The van der Waals surface area contributed by atoms with Crippen LogP contribution in [0.25, 0.3) is 23.0 Å². The molecule has 2 aromatic carbocycles. The maximum Gasteiger partial charge on any atom is 0.262 e. The fourth-order valence-corrected chi connectivity index (χ4v) is 5.35. The second-order valence-electron chi connectivity index (χ2n) is 7.69. The van der Waals surface area contributed by atoms with E-state index < -0.39 is 21.8 Å². The number of amides is 1. The van der Waals surface area contributed by atoms with E-state index in [1.807, 2.05) is 60.7 Å². The summed E-state index contributed by atoms with van der Waals surface area (Å²) in [5, 5.41) is 17.0. The maximum atomic E-state index is 12.7. The number of ether oxygens (including phenoxy) is 1. The molecule has 0 spiro atoms. The quantitative estimate of drug-likeness (QED) is 0.445. The van der Waals surface area contributed by atoms with E-state index in [-0.39, 0.29) is 17.1 Å². The molecule has 0 bridgehead atoms. The van der Waals surface area contributed by atoms with Crippen LogP contribution in [0.15, 0.2) is 66.4 Å². The van der Waals surface area contributed by atoms with Gasteiger partial charge in [-0.1, -0.05) is 30.3 Å². The summed E-state index contributed by atoms with van der Waals surface area (Å²) in [5.41, 5.74) is 2.59. The summed E-state index contributed by atoms with van der Waals surface area (Å²) >= 11 is 0. The lowest BCUT2D eigenvalue weighted by molar-refractivity contribution is -0.117. The van der Waals surface area contributed by atoms with Gasteiger partial charge in [0.2, 0.25) is 0 Å². The molecule has 1 fully saturated rings. The Labute approximate surface area is 192 Å². The minimum atomic E-state index is -3.15. The fourth-order valence-electron chi connectivity index (χ4n) is 3.68. The van der Waals surface area contributed by atoms with Gasteiger partial charge in [0, 0.05) is 23.4 Å². The summed E-state index contributed by atoms with van der Waals surface area (Å²) in [6.07, 6.45) is 3.56. The second kappa shape index (κ2) is 9.30. The molecule has 0 radical (unpaired) electrons. The van der Waals surface area contributed by atoms with Crippen LogP contribution in [-0.4, -0.2) is 48.8 Å². The zero-order valence-electron chi connectivity index (χ0n) is 17.9. The van der Waals surface area contributed by atoms with Crippen molar-refractivity contribution in [2.75, 3.05) is 18.6 Å². The van der Waals surface area contributed by atoms with Gasteiger partial charge < -0.3 is 10.1 Å². The van der Waals surface area contributed by atoms with Crippen LogP contribution in [0, 0.1) is 11.3 Å². The van der Waals surface area contributed by atoms with Gasteiger partial charge in [-0.3, -0.25) is 4.79 Å². The standard InChI is InChI=1S/C24H22N4O4S/c1-32-22-9-5-6-17(13-22)23-19(15-28(27-23)21-7-3-2-4-8-21)12-18(14-25)24(29)26-20-10-11-33(30,31)16-20/h2-9,12-13,15,20H,10-11,16H2,1H3,(H,26,29)/b18-12-. The van der Waals surface area contributed by atoms with Gasteiger partial charge >= 0.3 is 0 Å². The first-order chi connectivity index (χ1) is 15.9. The Kier molecular flexibility index (Phi) is 6.29. The average molecular weight is 463 g/mol. The Morgan fingerprint density at radius 1 is 1.24 bits per heavy atom. The number of nitrogens with zero attached hydrogens (tertiary/aromatic N) is 3. The molecule has 4 rings (SSSR count). The van der Waals surface area contributed by atoms with Crippen molar-refractivity contribution in [1.29, 1.82) is 5.26 Å². The van der Waals surface area contributed by atoms with Crippen LogP contribution in [0.5, 0.6) is 5.75 Å². The molecule has 1 N–H and O–H groups in total. The molecular formula is C24H22N4O4S. The van der Waals surface area contributed by atoms with Crippen molar-refractivity contribution < 1.29 is 17.9 Å². The highest BCUT2D eigenvalue weighted by molar-refractivity contribution is 7.91. The molecule has 2 heterocycles. The van der Waals surface area contributed by atoms with Crippen LogP contribution in [-0.2, 0) is 14.6 Å². The normalized spacial score (nSPS) is 17.3. The number of hydrogen-bond donors (Lipinski definition) is 1. The van der Waals surface area contributed by atoms with Crippen molar-refractivity contribution in [2.45, 2.75) is 12.5 Å². The third kappa shape index (κ3) is 5.13. The minimum absolute atomic E-state index is 0.0351. The number of methoxy groups -OCH3 is 1. The van der Waals surface area contributed by atoms with Gasteiger partial charge in [0.1, 0.15) is 23.1 Å². The van der Waals surface area contributed by atoms with Crippen molar-refractivity contribution in [1.82, 2.24) is 15.1 Å². The number of benzene rings is 2. The predicted molar refractivity (Wildman–Crippen MR) is 124 cm³/mol. The summed E-state index contributed by atoms with van der Waals surface area (Å²) in [6, 6.07) is 18.3. The second-order valence-corrected chi connectivity index (χ2v) is 9.92. The van der Waals surface area contributed by atoms with E-state index in [1.54, 1.807) is 18.0 Å². The van der Waals surface area contributed by atoms with E-state index >= 15 is 0 Å². The number of hydrogen-bond acceptors (Lipinski definition) is 6. The van der Waals surface area contributed by atoms with Gasteiger partial charge in [-0.05, 0) is 36.8 Å². The van der Waals surface area contributed by atoms with Crippen LogP contribution in [0.1, 0.15) is 12.0 Å². The number of carbonyl (C=O) groups is 1. The monoisotopic (exact) mass is 462 g/mol. The Morgan fingerprint density at radius 3 is 2.70 bits per heavy atom. The predicted octanol–water partition coefficient (Wildman–Crippen LogP) is 2.76. The van der Waals surface area contributed by atoms with Crippen LogP contribution >= 0.6 is 0 Å². The Hall–Kier alpha value is -3.90. The largest absolute Gasteiger partial charge is 0.497 e. The van der Waals surface area contributed by atoms with E-state index in [1.165, 1.54) is 6.08 Å². The molecule has 1 aromatic heterocycles. The zero-order valence-corrected chi connectivity index (χ0v) is 18.7. The van der Waals surface area contributed by atoms with E-state index in [9.17, 15) is 18.5 Å². The van der Waals surface area contributed by atoms with E-state index in [4.69, 9.17) is 9.84 Å². The van der Waals surface area contributed by atoms with E-state index in [2.05, 4.69) is 5.32 Å². The number of sulfone groups is 1. The molecule has 1 aliphatic rings. The number of nitrogens with one attached hydrogen (secondary N) is 1. The number of rotatable bonds is 6. The molecule has 1 unspecified atom stereocenters. The molecule has 168 valence electrons. The van der Waals surface area contributed by atoms with Crippen molar-refractivity contribution in [3.63, 3.8) is 0 Å². The lowest BCUT2D eigenvalue weighted by Gasteiger charge is -2.10. The van der Waals surface area contributed by atoms with Gasteiger partial charge in [0.15, 0.2) is 9.84 Å². The fraction of sp³-hybridized carbons (Fsp3) is 0.208. The molecule has 0 saturated carbocycles. The van der Waals surface area contributed by atoms with Crippen molar-refractivity contribution >= 4 is 21.8 Å². The van der Waals surface area contributed by atoms with Crippen molar-refractivity contribution in [3.8, 4) is 28.8 Å². The lowest BCUT2D eigenvalue weighted by Crippen LogP contribution is -2.36. The molecule has 8 nitrogen and oxygen atoms in total. The van der Waals surface area contributed by atoms with Gasteiger partial charge in [-0.15, -0.1) is 0 Å². The summed E-state index contributed by atoms with van der Waals surface area (Å²) in [6.45, 7) is 0. The van der Waals surface area contributed by atoms with Gasteiger partial charge in [0.05, 0.1) is 24.3 Å². The summed E-state index contributed by atoms with van der Waals surface area (Å²) in [7, 11) is -1.58. The van der Waals surface area contributed by atoms with Crippen LogP contribution in [0.4, 0.5) is 0 Å². The van der Waals surface area contributed by atoms with Crippen LogP contribution < -0.4 is 10.1 Å². The highest BCUT2D eigenvalue weighted by Crippen LogP contribution is 2.28. The number of aromatic nitrogens is 2. The third-order valence-corrected chi connectivity index (χ3v) is 7.11. The molecule has 1 saturated heterocycles. The van der Waals surface area contributed by atoms with Crippen LogP contribution in [0.2, 0.25) is 0 Å². The highest BCUT2D eigenvalue weighted by atomic mass is 32.2. The maximum absolute atomic E-state index is 12.7. The molecular weight excluding hydrogens is 440 g/mol. The third-order valence-electron chi connectivity index (χ3n) is 5.34. The first kappa shape index (κ1) is 22.3. The molecule has 1 amide bonds. The number of nitriles is 1. The van der Waals surface area contributed by atoms with Crippen LogP contribution in [0.3, 0.4) is 0 Å². The molecule has 33 heavy (non-hydrogen) atoms. The van der Waals surface area contributed by atoms with Gasteiger partial charge in [-0.2, -0.15) is 10.4 Å². The summed E-state index contributed by atoms with van der Waals surface area (Å²) in [5.74, 6) is -0.0349. The SMILES string of the molecule is COc1cccc(-c2nn(-c3ccccc3)cc2/C=C(/C#N)C(=O)NC2CCS(=O)(=O)C2)c1. The number of para-hydroxylation sites is 1. The topological polar surface area (TPSA) is 114 Å². The van der Waals surface area contributed by atoms with Crippen molar-refractivity contribution in [3.05, 3.63) is 71.9 Å². The summed E-state index contributed by atoms with van der Waals surface area (Å²) in [4.78, 5) is 12.7. The Bertz CT molecular complexity index is 1350. The Balaban J connectivity index is 1.72. The molecule has 3 aromatic rings. The zero-order chi connectivity index (χ0) is 23.4. The minimum Gasteiger partial charge on any atom is -0.497 e. The van der Waals surface area contributed by atoms with Gasteiger partial charge in [0.25, 0.3) is 5.91 Å². The first-order valence-corrected chi connectivity index (χ1v) is 12.1. The highest BCUT2D eigenvalue weighted by Gasteiger charge is 2.29. The average Bonchev–Trinajstić information content (AvgIpc) is 3.40. The summed E-state index contributed by atoms with van der Waals surface area (Å²) < 4.78 is 30.4. The van der Waals surface area contributed by atoms with E-state index in [0.717, 1.165) is 11.3 Å². The first-order valence-electron chi connectivity index (χ1n) is 10.3. The van der Waals surface area contributed by atoms with E-state index in [0.29, 0.717) is 23.4 Å². The molecule has 9 heteroatoms. The lowest BCUT2D eigenvalue weighted by atomic mass is 10.1.